The number of rotatable bonds is 2. The number of phenolic OH excluding ortho intramolecular Hbond substituents is 3. The van der Waals surface area contributed by atoms with Crippen molar-refractivity contribution in [1.29, 1.82) is 0 Å². The minimum absolute atomic E-state index is 0.195. The molecule has 0 unspecified atom stereocenters. The first-order chi connectivity index (χ1) is 6.11. The SMILES string of the molecule is CCc1cc(O)c(O)c(O)c1CC. The molecule has 0 aromatic heterocycles. The summed E-state index contributed by atoms with van der Waals surface area (Å²) in [6.45, 7) is 3.83. The van der Waals surface area contributed by atoms with Gasteiger partial charge < -0.3 is 15.3 Å². The molecule has 0 aliphatic heterocycles. The second-order valence-electron chi connectivity index (χ2n) is 2.94. The molecule has 0 heterocycles. The van der Waals surface area contributed by atoms with Gasteiger partial charge in [0.25, 0.3) is 0 Å². The summed E-state index contributed by atoms with van der Waals surface area (Å²) in [5.74, 6) is -0.875. The van der Waals surface area contributed by atoms with Gasteiger partial charge in [-0.25, -0.2) is 0 Å². The van der Waals surface area contributed by atoms with Crippen molar-refractivity contribution in [3.8, 4) is 17.2 Å². The maximum atomic E-state index is 9.48. The number of benzene rings is 1. The van der Waals surface area contributed by atoms with Gasteiger partial charge in [-0.15, -0.1) is 0 Å². The molecule has 3 N–H and O–H groups in total. The van der Waals surface area contributed by atoms with E-state index in [2.05, 4.69) is 0 Å². The number of hydrogen-bond acceptors (Lipinski definition) is 3. The van der Waals surface area contributed by atoms with Crippen LogP contribution in [-0.2, 0) is 12.8 Å². The Labute approximate surface area is 77.3 Å². The third-order valence-corrected chi connectivity index (χ3v) is 2.19. The summed E-state index contributed by atoms with van der Waals surface area (Å²) in [7, 11) is 0. The molecule has 0 radical (unpaired) electrons. The maximum Gasteiger partial charge on any atom is 0.200 e. The van der Waals surface area contributed by atoms with Crippen molar-refractivity contribution < 1.29 is 15.3 Å². The van der Waals surface area contributed by atoms with Crippen molar-refractivity contribution in [2.24, 2.45) is 0 Å². The Kier molecular flexibility index (Phi) is 2.66. The summed E-state index contributed by atoms with van der Waals surface area (Å²) < 4.78 is 0. The zero-order valence-corrected chi connectivity index (χ0v) is 7.83. The van der Waals surface area contributed by atoms with Gasteiger partial charge in [0.1, 0.15) is 0 Å². The lowest BCUT2D eigenvalue weighted by atomic mass is 10.0. The Balaban J connectivity index is 3.39. The van der Waals surface area contributed by atoms with Gasteiger partial charge in [0, 0.05) is 5.56 Å². The molecule has 0 fully saturated rings. The third kappa shape index (κ3) is 1.54. The van der Waals surface area contributed by atoms with Crippen LogP contribution in [0.4, 0.5) is 0 Å². The van der Waals surface area contributed by atoms with Gasteiger partial charge in [-0.1, -0.05) is 13.8 Å². The van der Waals surface area contributed by atoms with Crippen LogP contribution in [-0.4, -0.2) is 15.3 Å². The van der Waals surface area contributed by atoms with Crippen molar-refractivity contribution in [1.82, 2.24) is 0 Å². The number of hydrogen-bond donors (Lipinski definition) is 3. The molecular formula is C10H14O3. The fourth-order valence-electron chi connectivity index (χ4n) is 1.45. The Morgan fingerprint density at radius 3 is 2.08 bits per heavy atom. The van der Waals surface area contributed by atoms with Crippen molar-refractivity contribution in [3.05, 3.63) is 17.2 Å². The standard InChI is InChI=1S/C10H14O3/c1-3-6-5-8(11)10(13)9(12)7(6)4-2/h5,11-13H,3-4H2,1-2H3. The highest BCUT2D eigenvalue weighted by Crippen LogP contribution is 2.39. The first-order valence-electron chi connectivity index (χ1n) is 4.37. The van der Waals surface area contributed by atoms with Gasteiger partial charge in [-0.05, 0) is 24.5 Å². The van der Waals surface area contributed by atoms with E-state index < -0.39 is 5.75 Å². The van der Waals surface area contributed by atoms with Crippen LogP contribution in [0.5, 0.6) is 17.2 Å². The van der Waals surface area contributed by atoms with Gasteiger partial charge in [0.05, 0.1) is 0 Å². The highest BCUT2D eigenvalue weighted by atomic mass is 16.3. The van der Waals surface area contributed by atoms with Crippen molar-refractivity contribution >= 4 is 0 Å². The minimum atomic E-state index is -0.422. The Morgan fingerprint density at radius 2 is 1.62 bits per heavy atom. The molecule has 0 atom stereocenters. The molecule has 13 heavy (non-hydrogen) atoms. The summed E-state index contributed by atoms with van der Waals surface area (Å²) in [6, 6.07) is 1.49. The molecular weight excluding hydrogens is 168 g/mol. The van der Waals surface area contributed by atoms with Gasteiger partial charge in [0.15, 0.2) is 11.5 Å². The summed E-state index contributed by atoms with van der Waals surface area (Å²) >= 11 is 0. The first kappa shape index (κ1) is 9.71. The molecule has 0 aliphatic carbocycles. The van der Waals surface area contributed by atoms with E-state index in [4.69, 9.17) is 0 Å². The smallest absolute Gasteiger partial charge is 0.200 e. The molecule has 1 aromatic carbocycles. The fraction of sp³-hybridized carbons (Fsp3) is 0.400. The van der Waals surface area contributed by atoms with Gasteiger partial charge in [-0.3, -0.25) is 0 Å². The van der Waals surface area contributed by atoms with E-state index in [9.17, 15) is 15.3 Å². The van der Waals surface area contributed by atoms with Crippen molar-refractivity contribution in [2.75, 3.05) is 0 Å². The van der Waals surface area contributed by atoms with E-state index >= 15 is 0 Å². The van der Waals surface area contributed by atoms with E-state index in [1.165, 1.54) is 6.07 Å². The molecule has 1 aromatic rings. The molecule has 72 valence electrons. The largest absolute Gasteiger partial charge is 0.504 e. The number of aromatic hydroxyl groups is 3. The highest BCUT2D eigenvalue weighted by Gasteiger charge is 2.13. The molecule has 0 bridgehead atoms. The molecule has 3 heteroatoms. The lowest BCUT2D eigenvalue weighted by molar-refractivity contribution is 0.364. The van der Waals surface area contributed by atoms with Gasteiger partial charge in [-0.2, -0.15) is 0 Å². The van der Waals surface area contributed by atoms with E-state index in [0.29, 0.717) is 12.0 Å². The Hall–Kier alpha value is -1.38. The van der Waals surface area contributed by atoms with Gasteiger partial charge >= 0.3 is 0 Å². The van der Waals surface area contributed by atoms with Crippen LogP contribution in [0.3, 0.4) is 0 Å². The highest BCUT2D eigenvalue weighted by molar-refractivity contribution is 5.56. The average Bonchev–Trinajstić information content (AvgIpc) is 2.13. The van der Waals surface area contributed by atoms with E-state index in [1.54, 1.807) is 0 Å². The molecule has 0 saturated carbocycles. The lowest BCUT2D eigenvalue weighted by Crippen LogP contribution is -1.92. The minimum Gasteiger partial charge on any atom is -0.504 e. The van der Waals surface area contributed by atoms with Crippen LogP contribution in [0.25, 0.3) is 0 Å². The van der Waals surface area contributed by atoms with Crippen LogP contribution in [0.1, 0.15) is 25.0 Å². The molecule has 0 aliphatic rings. The van der Waals surface area contributed by atoms with Crippen molar-refractivity contribution in [2.45, 2.75) is 26.7 Å². The molecule has 3 nitrogen and oxygen atoms in total. The third-order valence-electron chi connectivity index (χ3n) is 2.19. The molecule has 0 saturated heterocycles. The maximum absolute atomic E-state index is 9.48. The summed E-state index contributed by atoms with van der Waals surface area (Å²) in [5, 5.41) is 27.9. The molecule has 0 amide bonds. The van der Waals surface area contributed by atoms with E-state index in [-0.39, 0.29) is 11.5 Å². The predicted octanol–water partition coefficient (Wildman–Crippen LogP) is 1.93. The zero-order valence-electron chi connectivity index (χ0n) is 7.83. The Bertz CT molecular complexity index is 318. The fourth-order valence-corrected chi connectivity index (χ4v) is 1.45. The monoisotopic (exact) mass is 182 g/mol. The molecule has 1 rings (SSSR count). The quantitative estimate of drug-likeness (QED) is 0.612. The first-order valence-corrected chi connectivity index (χ1v) is 4.37. The summed E-state index contributed by atoms with van der Waals surface area (Å²) in [4.78, 5) is 0. The van der Waals surface area contributed by atoms with Crippen LogP contribution in [0.15, 0.2) is 6.07 Å². The Morgan fingerprint density at radius 1 is 1.00 bits per heavy atom. The van der Waals surface area contributed by atoms with Crippen LogP contribution >= 0.6 is 0 Å². The number of phenols is 3. The van der Waals surface area contributed by atoms with Gasteiger partial charge in [0.2, 0.25) is 5.75 Å². The lowest BCUT2D eigenvalue weighted by Gasteiger charge is -2.10. The van der Waals surface area contributed by atoms with E-state index in [0.717, 1.165) is 12.0 Å². The average molecular weight is 182 g/mol. The second kappa shape index (κ2) is 3.56. The normalized spacial score (nSPS) is 10.3. The van der Waals surface area contributed by atoms with E-state index in [1.807, 2.05) is 13.8 Å². The topological polar surface area (TPSA) is 60.7 Å². The van der Waals surface area contributed by atoms with Crippen LogP contribution < -0.4 is 0 Å². The van der Waals surface area contributed by atoms with Crippen molar-refractivity contribution in [3.63, 3.8) is 0 Å². The number of aryl methyl sites for hydroxylation is 1. The van der Waals surface area contributed by atoms with Crippen LogP contribution in [0, 0.1) is 0 Å². The molecule has 0 spiro atoms. The summed E-state index contributed by atoms with van der Waals surface area (Å²) in [5.41, 5.74) is 1.58. The summed E-state index contributed by atoms with van der Waals surface area (Å²) in [6.07, 6.45) is 1.37. The van der Waals surface area contributed by atoms with Crippen LogP contribution in [0.2, 0.25) is 0 Å². The zero-order chi connectivity index (χ0) is 10.0. The second-order valence-corrected chi connectivity index (χ2v) is 2.94. The predicted molar refractivity (Wildman–Crippen MR) is 50.2 cm³/mol.